The summed E-state index contributed by atoms with van der Waals surface area (Å²) in [6.45, 7) is 3.69. The van der Waals surface area contributed by atoms with E-state index in [0.29, 0.717) is 21.0 Å². The zero-order valence-corrected chi connectivity index (χ0v) is 19.3. The zero-order chi connectivity index (χ0) is 23.7. The van der Waals surface area contributed by atoms with Gasteiger partial charge in [-0.15, -0.1) is 11.3 Å². The van der Waals surface area contributed by atoms with Gasteiger partial charge in [0.15, 0.2) is 9.84 Å². The van der Waals surface area contributed by atoms with Gasteiger partial charge < -0.3 is 5.41 Å². The number of hydrogen-bond donors (Lipinski definition) is 1. The molecule has 1 heterocycles. The van der Waals surface area contributed by atoms with Crippen LogP contribution in [0.2, 0.25) is 0 Å². The van der Waals surface area contributed by atoms with Gasteiger partial charge in [0.25, 0.3) is 0 Å². The molecule has 32 heavy (non-hydrogen) atoms. The Bertz CT molecular complexity index is 1310. The number of halogens is 3. The van der Waals surface area contributed by atoms with Crippen molar-refractivity contribution in [3.05, 3.63) is 70.6 Å². The number of rotatable bonds is 6. The summed E-state index contributed by atoms with van der Waals surface area (Å²) < 4.78 is 63.0. The van der Waals surface area contributed by atoms with E-state index in [1.165, 1.54) is 23.5 Å². The predicted octanol–water partition coefficient (Wildman–Crippen LogP) is 6.53. The quantitative estimate of drug-likeness (QED) is 0.409. The first-order valence-electron chi connectivity index (χ1n) is 9.55. The van der Waals surface area contributed by atoms with Crippen LogP contribution in [0.1, 0.15) is 22.4 Å². The maximum absolute atomic E-state index is 13.1. The summed E-state index contributed by atoms with van der Waals surface area (Å²) in [5.74, 6) is 0. The van der Waals surface area contributed by atoms with Gasteiger partial charge in [0.2, 0.25) is 0 Å². The average molecular weight is 479 g/mol. The van der Waals surface area contributed by atoms with E-state index in [0.717, 1.165) is 17.4 Å². The first-order chi connectivity index (χ1) is 14.8. The summed E-state index contributed by atoms with van der Waals surface area (Å²) in [5.41, 5.74) is 1.67. The minimum atomic E-state index is -4.74. The van der Waals surface area contributed by atoms with Crippen molar-refractivity contribution in [1.82, 2.24) is 0 Å². The topological polar surface area (TPSA) is 70.3 Å². The third-order valence-electron chi connectivity index (χ3n) is 4.74. The highest BCUT2D eigenvalue weighted by molar-refractivity contribution is 7.90. The molecule has 1 N–H and O–H groups in total. The molecule has 0 saturated carbocycles. The lowest BCUT2D eigenvalue weighted by Crippen LogP contribution is -2.24. The second-order valence-corrected chi connectivity index (χ2v) is 10.6. The fourth-order valence-corrected chi connectivity index (χ4v) is 4.62. The lowest BCUT2D eigenvalue weighted by molar-refractivity contribution is -0.0605. The third kappa shape index (κ3) is 5.72. The highest BCUT2D eigenvalue weighted by atomic mass is 32.2. The molecule has 0 aliphatic heterocycles. The van der Waals surface area contributed by atoms with Gasteiger partial charge in [-0.2, -0.15) is 13.2 Å². The number of nitrogens with one attached hydrogen (secondary N) is 1. The molecule has 168 valence electrons. The molecule has 0 spiro atoms. The molecule has 0 fully saturated rings. The van der Waals surface area contributed by atoms with Gasteiger partial charge in [0, 0.05) is 22.4 Å². The molecule has 9 heteroatoms. The first-order valence-corrected chi connectivity index (χ1v) is 12.3. The standard InChI is InChI=1S/C23H21F3N2O2S2/c1-14-7-8-15(2)18(11-14)28-19(13-22(27)23(24,25)26)21-10-9-20(31-21)16-5-4-6-17(12-16)32(3,29)30/h4-12,27H,13H2,1-3H3. The van der Waals surface area contributed by atoms with E-state index in [9.17, 15) is 21.6 Å². The SMILES string of the molecule is Cc1ccc(C)c(N=C(CC(=N)C(F)(F)F)c2ccc(-c3cccc(S(C)(=O)=O)c3)s2)c1. The number of thiophene rings is 1. The van der Waals surface area contributed by atoms with Crippen molar-refractivity contribution in [2.45, 2.75) is 31.3 Å². The Labute approximate surface area is 188 Å². The first kappa shape index (κ1) is 23.9. The molecule has 0 bridgehead atoms. The molecule has 0 aliphatic carbocycles. The molecule has 3 aromatic rings. The summed E-state index contributed by atoms with van der Waals surface area (Å²) in [5, 5.41) is 7.48. The van der Waals surface area contributed by atoms with E-state index < -0.39 is 28.1 Å². The van der Waals surface area contributed by atoms with E-state index in [2.05, 4.69) is 4.99 Å². The van der Waals surface area contributed by atoms with Gasteiger partial charge in [-0.3, -0.25) is 4.99 Å². The lowest BCUT2D eigenvalue weighted by Gasteiger charge is -2.11. The number of benzene rings is 2. The Balaban J connectivity index is 2.07. The highest BCUT2D eigenvalue weighted by Gasteiger charge is 2.35. The summed E-state index contributed by atoms with van der Waals surface area (Å²) >= 11 is 1.21. The summed E-state index contributed by atoms with van der Waals surface area (Å²) in [4.78, 5) is 5.84. The Kier molecular flexibility index (Phi) is 6.71. The molecule has 1 aromatic heterocycles. The Morgan fingerprint density at radius 2 is 1.78 bits per heavy atom. The molecular weight excluding hydrogens is 457 g/mol. The molecule has 3 rings (SSSR count). The smallest absolute Gasteiger partial charge is 0.300 e. The van der Waals surface area contributed by atoms with Crippen LogP contribution in [0.25, 0.3) is 10.4 Å². The normalized spacial score (nSPS) is 12.8. The van der Waals surface area contributed by atoms with E-state index in [1.807, 2.05) is 26.0 Å². The molecular formula is C23H21F3N2O2S2. The van der Waals surface area contributed by atoms with Gasteiger partial charge in [0.05, 0.1) is 16.3 Å². The van der Waals surface area contributed by atoms with E-state index >= 15 is 0 Å². The van der Waals surface area contributed by atoms with Crippen LogP contribution in [0, 0.1) is 19.3 Å². The van der Waals surface area contributed by atoms with Crippen LogP contribution in [0.5, 0.6) is 0 Å². The van der Waals surface area contributed by atoms with Gasteiger partial charge in [-0.1, -0.05) is 24.3 Å². The van der Waals surface area contributed by atoms with Crippen LogP contribution in [0.15, 0.2) is 64.5 Å². The largest absolute Gasteiger partial charge is 0.429 e. The van der Waals surface area contributed by atoms with Crippen LogP contribution in [-0.4, -0.2) is 32.3 Å². The van der Waals surface area contributed by atoms with Gasteiger partial charge >= 0.3 is 6.18 Å². The van der Waals surface area contributed by atoms with Crippen molar-refractivity contribution in [1.29, 1.82) is 5.41 Å². The fourth-order valence-electron chi connectivity index (χ4n) is 2.96. The number of aryl methyl sites for hydroxylation is 2. The van der Waals surface area contributed by atoms with E-state index in [-0.39, 0.29) is 10.6 Å². The predicted molar refractivity (Wildman–Crippen MR) is 123 cm³/mol. The second kappa shape index (κ2) is 8.99. The van der Waals surface area contributed by atoms with Gasteiger partial charge in [-0.05, 0) is 60.9 Å². The zero-order valence-electron chi connectivity index (χ0n) is 17.6. The summed E-state index contributed by atoms with van der Waals surface area (Å²) in [6.07, 6.45) is -4.30. The Morgan fingerprint density at radius 1 is 1.06 bits per heavy atom. The summed E-state index contributed by atoms with van der Waals surface area (Å²) in [7, 11) is -3.40. The molecule has 0 atom stereocenters. The molecule has 2 aromatic carbocycles. The van der Waals surface area contributed by atoms with Crippen LogP contribution in [0.3, 0.4) is 0 Å². The number of sulfone groups is 1. The van der Waals surface area contributed by atoms with Crippen molar-refractivity contribution >= 4 is 38.3 Å². The molecule has 0 radical (unpaired) electrons. The Hall–Kier alpha value is -2.78. The number of nitrogens with zero attached hydrogens (tertiary/aromatic N) is 1. The van der Waals surface area contributed by atoms with Crippen LogP contribution in [0.4, 0.5) is 18.9 Å². The Morgan fingerprint density at radius 3 is 2.44 bits per heavy atom. The van der Waals surface area contributed by atoms with Crippen LogP contribution in [-0.2, 0) is 9.84 Å². The van der Waals surface area contributed by atoms with Crippen molar-refractivity contribution in [2.24, 2.45) is 4.99 Å². The van der Waals surface area contributed by atoms with Crippen molar-refractivity contribution in [3.8, 4) is 10.4 Å². The molecule has 0 amide bonds. The van der Waals surface area contributed by atoms with Crippen molar-refractivity contribution in [3.63, 3.8) is 0 Å². The van der Waals surface area contributed by atoms with Gasteiger partial charge in [-0.25, -0.2) is 8.42 Å². The van der Waals surface area contributed by atoms with Gasteiger partial charge in [0.1, 0.15) is 5.71 Å². The average Bonchev–Trinajstić information content (AvgIpc) is 3.19. The van der Waals surface area contributed by atoms with E-state index in [1.54, 1.807) is 30.3 Å². The molecule has 0 aliphatic rings. The fraction of sp³-hybridized carbons (Fsp3) is 0.217. The number of aliphatic imine (C=N–C) groups is 1. The molecule has 0 saturated heterocycles. The minimum Gasteiger partial charge on any atom is -0.300 e. The maximum atomic E-state index is 13.1. The van der Waals surface area contributed by atoms with Crippen molar-refractivity contribution in [2.75, 3.05) is 6.26 Å². The molecule has 0 unspecified atom stereocenters. The van der Waals surface area contributed by atoms with Crippen molar-refractivity contribution < 1.29 is 21.6 Å². The molecule has 4 nitrogen and oxygen atoms in total. The van der Waals surface area contributed by atoms with E-state index in [4.69, 9.17) is 5.41 Å². The van der Waals surface area contributed by atoms with Crippen LogP contribution < -0.4 is 0 Å². The van der Waals surface area contributed by atoms with Crippen LogP contribution >= 0.6 is 11.3 Å². The maximum Gasteiger partial charge on any atom is 0.429 e. The minimum absolute atomic E-state index is 0.136. The lowest BCUT2D eigenvalue weighted by atomic mass is 10.1. The second-order valence-electron chi connectivity index (χ2n) is 7.47. The highest BCUT2D eigenvalue weighted by Crippen LogP contribution is 2.33. The summed E-state index contributed by atoms with van der Waals surface area (Å²) in [6, 6.07) is 15.3. The number of alkyl halides is 3. The number of hydrogen-bond acceptors (Lipinski definition) is 5. The third-order valence-corrected chi connectivity index (χ3v) is 7.04. The monoisotopic (exact) mass is 478 g/mol.